The lowest BCUT2D eigenvalue weighted by atomic mass is 9.98. The van der Waals surface area contributed by atoms with Crippen molar-refractivity contribution in [3.05, 3.63) is 27.8 Å². The zero-order valence-corrected chi connectivity index (χ0v) is 12.7. The predicted molar refractivity (Wildman–Crippen MR) is 76.9 cm³/mol. The molecule has 0 fully saturated rings. The molecule has 0 aliphatic carbocycles. The van der Waals surface area contributed by atoms with Crippen molar-refractivity contribution in [1.82, 2.24) is 4.72 Å². The van der Waals surface area contributed by atoms with E-state index in [1.807, 2.05) is 20.8 Å². The number of nitro benzene ring substituents is 1. The minimum atomic E-state index is -3.81. The van der Waals surface area contributed by atoms with Crippen molar-refractivity contribution in [2.75, 3.05) is 12.3 Å². The second-order valence-corrected chi connectivity index (χ2v) is 7.55. The highest BCUT2D eigenvalue weighted by Gasteiger charge is 2.24. The number of hydrogen-bond donors (Lipinski definition) is 2. The van der Waals surface area contributed by atoms with Crippen molar-refractivity contribution in [2.24, 2.45) is 5.41 Å². The molecule has 20 heavy (non-hydrogen) atoms. The van der Waals surface area contributed by atoms with Gasteiger partial charge in [-0.2, -0.15) is 0 Å². The van der Waals surface area contributed by atoms with Crippen LogP contribution in [0.1, 0.15) is 26.3 Å². The Morgan fingerprint density at radius 1 is 1.35 bits per heavy atom. The normalized spacial score (nSPS) is 12.4. The molecule has 0 saturated carbocycles. The molecule has 0 heterocycles. The van der Waals surface area contributed by atoms with Gasteiger partial charge in [0.2, 0.25) is 10.0 Å². The van der Waals surface area contributed by atoms with Crippen molar-refractivity contribution in [2.45, 2.75) is 32.6 Å². The van der Waals surface area contributed by atoms with Gasteiger partial charge in [0.25, 0.3) is 5.69 Å². The van der Waals surface area contributed by atoms with Crippen LogP contribution in [0.25, 0.3) is 0 Å². The first-order chi connectivity index (χ1) is 8.94. The molecule has 0 aliphatic rings. The number of rotatable bonds is 4. The van der Waals surface area contributed by atoms with Crippen molar-refractivity contribution in [1.29, 1.82) is 0 Å². The fraction of sp³-hybridized carbons (Fsp3) is 0.500. The van der Waals surface area contributed by atoms with Gasteiger partial charge in [-0.05, 0) is 24.0 Å². The van der Waals surface area contributed by atoms with Crippen LogP contribution in [0.4, 0.5) is 11.4 Å². The Morgan fingerprint density at radius 2 is 1.90 bits per heavy atom. The fourth-order valence-corrected chi connectivity index (χ4v) is 3.06. The Hall–Kier alpha value is -1.67. The van der Waals surface area contributed by atoms with Crippen LogP contribution >= 0.6 is 0 Å². The molecule has 0 saturated heterocycles. The molecule has 1 aromatic carbocycles. The Labute approximate surface area is 118 Å². The first kappa shape index (κ1) is 16.4. The first-order valence-electron chi connectivity index (χ1n) is 5.98. The number of nitrogens with one attached hydrogen (secondary N) is 1. The van der Waals surface area contributed by atoms with Crippen LogP contribution in [-0.2, 0) is 10.0 Å². The Balaban J connectivity index is 3.25. The van der Waals surface area contributed by atoms with E-state index in [1.54, 1.807) is 6.92 Å². The van der Waals surface area contributed by atoms with Crippen LogP contribution in [0.15, 0.2) is 17.0 Å². The minimum absolute atomic E-state index is 0.0535. The molecule has 1 rings (SSSR count). The predicted octanol–water partition coefficient (Wildman–Crippen LogP) is 1.81. The van der Waals surface area contributed by atoms with Gasteiger partial charge < -0.3 is 5.73 Å². The van der Waals surface area contributed by atoms with E-state index in [0.717, 1.165) is 6.07 Å². The molecule has 0 spiro atoms. The molecule has 0 bridgehead atoms. The number of sulfonamides is 1. The van der Waals surface area contributed by atoms with E-state index in [4.69, 9.17) is 5.73 Å². The van der Waals surface area contributed by atoms with Crippen molar-refractivity contribution in [3.8, 4) is 0 Å². The molecule has 0 amide bonds. The van der Waals surface area contributed by atoms with Crippen molar-refractivity contribution in [3.63, 3.8) is 0 Å². The summed E-state index contributed by atoms with van der Waals surface area (Å²) in [6.45, 7) is 7.42. The largest absolute Gasteiger partial charge is 0.393 e. The Morgan fingerprint density at radius 3 is 2.35 bits per heavy atom. The smallest absolute Gasteiger partial charge is 0.293 e. The second-order valence-electron chi connectivity index (χ2n) is 5.82. The summed E-state index contributed by atoms with van der Waals surface area (Å²) >= 11 is 0. The number of hydrogen-bond acceptors (Lipinski definition) is 5. The van der Waals surface area contributed by atoms with E-state index in [2.05, 4.69) is 4.72 Å². The number of benzene rings is 1. The summed E-state index contributed by atoms with van der Waals surface area (Å²) in [5.74, 6) is 0. The monoisotopic (exact) mass is 301 g/mol. The van der Waals surface area contributed by atoms with E-state index in [9.17, 15) is 18.5 Å². The van der Waals surface area contributed by atoms with Gasteiger partial charge >= 0.3 is 0 Å². The number of nitro groups is 1. The van der Waals surface area contributed by atoms with E-state index >= 15 is 0 Å². The maximum Gasteiger partial charge on any atom is 0.293 e. The Kier molecular flexibility index (Phi) is 4.40. The van der Waals surface area contributed by atoms with Gasteiger partial charge in [0.05, 0.1) is 9.82 Å². The van der Waals surface area contributed by atoms with Crippen molar-refractivity contribution >= 4 is 21.4 Å². The van der Waals surface area contributed by atoms with Gasteiger partial charge in [0.1, 0.15) is 5.69 Å². The summed E-state index contributed by atoms with van der Waals surface area (Å²) < 4.78 is 26.9. The highest BCUT2D eigenvalue weighted by atomic mass is 32.2. The van der Waals surface area contributed by atoms with Gasteiger partial charge in [0.15, 0.2) is 0 Å². The molecule has 3 N–H and O–H groups in total. The van der Waals surface area contributed by atoms with E-state index < -0.39 is 20.6 Å². The zero-order valence-electron chi connectivity index (χ0n) is 11.9. The molecular formula is C12H19N3O4S. The third-order valence-electron chi connectivity index (χ3n) is 2.60. The summed E-state index contributed by atoms with van der Waals surface area (Å²) in [5.41, 5.74) is 5.19. The Bertz CT molecular complexity index is 633. The van der Waals surface area contributed by atoms with Crippen molar-refractivity contribution < 1.29 is 13.3 Å². The zero-order chi connectivity index (χ0) is 15.7. The molecule has 0 aliphatic heterocycles. The average Bonchev–Trinajstić information content (AvgIpc) is 2.24. The molecule has 112 valence electrons. The maximum absolute atomic E-state index is 12.2. The molecule has 0 unspecified atom stereocenters. The average molecular weight is 301 g/mol. The van der Waals surface area contributed by atoms with Crippen LogP contribution in [-0.4, -0.2) is 19.9 Å². The highest BCUT2D eigenvalue weighted by molar-refractivity contribution is 7.89. The summed E-state index contributed by atoms with van der Waals surface area (Å²) in [7, 11) is -3.81. The first-order valence-corrected chi connectivity index (χ1v) is 7.46. The summed E-state index contributed by atoms with van der Waals surface area (Å²) in [6, 6.07) is 2.29. The van der Waals surface area contributed by atoms with Crippen LogP contribution in [0, 0.1) is 22.5 Å². The van der Waals surface area contributed by atoms with Crippen LogP contribution < -0.4 is 10.5 Å². The SMILES string of the molecule is Cc1cc(N)c([N+](=O)[O-])cc1S(=O)(=O)NCC(C)(C)C. The fourth-order valence-electron chi connectivity index (χ4n) is 1.54. The van der Waals surface area contributed by atoms with E-state index in [-0.39, 0.29) is 22.5 Å². The summed E-state index contributed by atoms with van der Waals surface area (Å²) in [4.78, 5) is 10.0. The van der Waals surface area contributed by atoms with Gasteiger partial charge in [-0.3, -0.25) is 10.1 Å². The summed E-state index contributed by atoms with van der Waals surface area (Å²) in [5, 5.41) is 10.8. The number of nitrogens with two attached hydrogens (primary N) is 1. The quantitative estimate of drug-likeness (QED) is 0.500. The third-order valence-corrected chi connectivity index (χ3v) is 4.15. The second kappa shape index (κ2) is 5.37. The number of nitrogens with zero attached hydrogens (tertiary/aromatic N) is 1. The lowest BCUT2D eigenvalue weighted by Gasteiger charge is -2.19. The number of nitrogen functional groups attached to an aromatic ring is 1. The lowest BCUT2D eigenvalue weighted by Crippen LogP contribution is -2.32. The molecule has 7 nitrogen and oxygen atoms in total. The summed E-state index contributed by atoms with van der Waals surface area (Å²) in [6.07, 6.45) is 0. The number of aryl methyl sites for hydroxylation is 1. The van der Waals surface area contributed by atoms with Gasteiger partial charge in [-0.15, -0.1) is 0 Å². The maximum atomic E-state index is 12.2. The van der Waals surface area contributed by atoms with Crippen LogP contribution in [0.2, 0.25) is 0 Å². The van der Waals surface area contributed by atoms with E-state index in [0.29, 0.717) is 5.56 Å². The molecule has 0 radical (unpaired) electrons. The van der Waals surface area contributed by atoms with Crippen LogP contribution in [0.3, 0.4) is 0 Å². The molecule has 0 atom stereocenters. The third kappa shape index (κ3) is 3.91. The standard InChI is InChI=1S/C12H19N3O4S/c1-8-5-9(13)10(15(16)17)6-11(8)20(18,19)14-7-12(2,3)4/h5-6,14H,7,13H2,1-4H3. The van der Waals surface area contributed by atoms with Gasteiger partial charge in [-0.1, -0.05) is 20.8 Å². The molecular weight excluding hydrogens is 282 g/mol. The molecule has 1 aromatic rings. The molecule has 0 aromatic heterocycles. The minimum Gasteiger partial charge on any atom is -0.393 e. The van der Waals surface area contributed by atoms with Crippen LogP contribution in [0.5, 0.6) is 0 Å². The highest BCUT2D eigenvalue weighted by Crippen LogP contribution is 2.28. The topological polar surface area (TPSA) is 115 Å². The lowest BCUT2D eigenvalue weighted by molar-refractivity contribution is -0.384. The number of anilines is 1. The van der Waals surface area contributed by atoms with Gasteiger partial charge in [0, 0.05) is 12.6 Å². The van der Waals surface area contributed by atoms with Gasteiger partial charge in [-0.25, -0.2) is 13.1 Å². The molecule has 8 heteroatoms. The van der Waals surface area contributed by atoms with E-state index in [1.165, 1.54) is 6.07 Å².